The van der Waals surface area contributed by atoms with Crippen LogP contribution in [0.5, 0.6) is 0 Å². The Balaban J connectivity index is 1.80. The van der Waals surface area contributed by atoms with Crippen molar-refractivity contribution in [2.45, 2.75) is 19.3 Å². The number of thiazole rings is 1. The zero-order valence-corrected chi connectivity index (χ0v) is 11.5. The van der Waals surface area contributed by atoms with E-state index in [0.717, 1.165) is 37.7 Å². The largest absolute Gasteiger partial charge is 0.320 e. The van der Waals surface area contributed by atoms with Crippen LogP contribution in [-0.2, 0) is 0 Å². The molecule has 3 nitrogen and oxygen atoms in total. The summed E-state index contributed by atoms with van der Waals surface area (Å²) in [7, 11) is 0. The summed E-state index contributed by atoms with van der Waals surface area (Å²) in [6.07, 6.45) is 3.17. The van der Waals surface area contributed by atoms with E-state index in [1.165, 1.54) is 23.5 Å². The van der Waals surface area contributed by atoms with Gasteiger partial charge in [-0.15, -0.1) is 11.3 Å². The van der Waals surface area contributed by atoms with Gasteiger partial charge >= 0.3 is 0 Å². The Kier molecular flexibility index (Phi) is 3.73. The third-order valence-corrected chi connectivity index (χ3v) is 3.80. The second kappa shape index (κ2) is 5.66. The van der Waals surface area contributed by atoms with Gasteiger partial charge in [0.15, 0.2) is 5.13 Å². The minimum absolute atomic E-state index is 0.442. The standard InChI is InChI=1S/C14H13F2N3S/c15-10-5-9(6-11(16)7-10)12-8-20-14(18-12)19-13-3-1-2-4-17-13/h5-8H,1-4H2,(H,17,18,19). The molecule has 0 saturated heterocycles. The van der Waals surface area contributed by atoms with E-state index < -0.39 is 11.6 Å². The molecule has 3 rings (SSSR count). The van der Waals surface area contributed by atoms with Crippen molar-refractivity contribution < 1.29 is 8.78 Å². The topological polar surface area (TPSA) is 37.3 Å². The number of nitrogens with zero attached hydrogens (tertiary/aromatic N) is 2. The van der Waals surface area contributed by atoms with Gasteiger partial charge in [0.2, 0.25) is 0 Å². The molecular weight excluding hydrogens is 280 g/mol. The van der Waals surface area contributed by atoms with E-state index in [-0.39, 0.29) is 0 Å². The van der Waals surface area contributed by atoms with E-state index in [1.54, 1.807) is 5.38 Å². The Morgan fingerprint density at radius 2 is 1.90 bits per heavy atom. The summed E-state index contributed by atoms with van der Waals surface area (Å²) in [4.78, 5) is 8.74. The van der Waals surface area contributed by atoms with Crippen LogP contribution in [0.4, 0.5) is 13.9 Å². The Morgan fingerprint density at radius 1 is 1.10 bits per heavy atom. The SMILES string of the molecule is Fc1cc(F)cc(-c2csc(NC3=NCCCC3)n2)c1. The normalized spacial score (nSPS) is 15.0. The van der Waals surface area contributed by atoms with Crippen LogP contribution in [-0.4, -0.2) is 17.4 Å². The van der Waals surface area contributed by atoms with Crippen LogP contribution >= 0.6 is 11.3 Å². The van der Waals surface area contributed by atoms with Crippen molar-refractivity contribution in [2.24, 2.45) is 4.99 Å². The minimum atomic E-state index is -0.598. The Bertz CT molecular complexity index is 631. The summed E-state index contributed by atoms with van der Waals surface area (Å²) in [6.45, 7) is 0.843. The highest BCUT2D eigenvalue weighted by Crippen LogP contribution is 2.26. The molecule has 104 valence electrons. The van der Waals surface area contributed by atoms with E-state index in [1.807, 2.05) is 0 Å². The number of anilines is 1. The lowest BCUT2D eigenvalue weighted by atomic mass is 10.1. The van der Waals surface area contributed by atoms with Crippen LogP contribution in [0.15, 0.2) is 28.6 Å². The monoisotopic (exact) mass is 293 g/mol. The number of benzene rings is 1. The first-order valence-electron chi connectivity index (χ1n) is 6.43. The lowest BCUT2D eigenvalue weighted by Gasteiger charge is -2.11. The highest BCUT2D eigenvalue weighted by atomic mass is 32.1. The fourth-order valence-corrected chi connectivity index (χ4v) is 2.83. The van der Waals surface area contributed by atoms with Gasteiger partial charge in [0, 0.05) is 30.0 Å². The summed E-state index contributed by atoms with van der Waals surface area (Å²) < 4.78 is 26.4. The first-order chi connectivity index (χ1) is 9.70. The zero-order chi connectivity index (χ0) is 13.9. The molecule has 0 atom stereocenters. The molecular formula is C14H13F2N3S. The molecule has 20 heavy (non-hydrogen) atoms. The van der Waals surface area contributed by atoms with Gasteiger partial charge in [0.1, 0.15) is 17.5 Å². The van der Waals surface area contributed by atoms with Crippen LogP contribution in [0.3, 0.4) is 0 Å². The molecule has 2 heterocycles. The number of aromatic nitrogens is 1. The quantitative estimate of drug-likeness (QED) is 0.905. The number of nitrogens with one attached hydrogen (secondary N) is 1. The van der Waals surface area contributed by atoms with Gasteiger partial charge < -0.3 is 5.32 Å². The van der Waals surface area contributed by atoms with E-state index in [2.05, 4.69) is 15.3 Å². The van der Waals surface area contributed by atoms with E-state index in [9.17, 15) is 8.78 Å². The van der Waals surface area contributed by atoms with Gasteiger partial charge in [0.05, 0.1) is 5.69 Å². The predicted molar refractivity (Wildman–Crippen MR) is 77.2 cm³/mol. The first kappa shape index (κ1) is 13.2. The molecule has 0 saturated carbocycles. The van der Waals surface area contributed by atoms with Crippen molar-refractivity contribution in [3.8, 4) is 11.3 Å². The van der Waals surface area contributed by atoms with E-state index in [0.29, 0.717) is 16.4 Å². The van der Waals surface area contributed by atoms with E-state index in [4.69, 9.17) is 0 Å². The lowest BCUT2D eigenvalue weighted by molar-refractivity contribution is 0.584. The summed E-state index contributed by atoms with van der Waals surface area (Å²) in [5.41, 5.74) is 1.00. The van der Waals surface area contributed by atoms with Crippen LogP contribution in [0.25, 0.3) is 11.3 Å². The number of hydrogen-bond donors (Lipinski definition) is 1. The van der Waals surface area contributed by atoms with Crippen LogP contribution in [0, 0.1) is 11.6 Å². The molecule has 6 heteroatoms. The van der Waals surface area contributed by atoms with Crippen molar-refractivity contribution in [3.63, 3.8) is 0 Å². The van der Waals surface area contributed by atoms with Crippen LogP contribution < -0.4 is 5.32 Å². The molecule has 0 aliphatic carbocycles. The third kappa shape index (κ3) is 3.01. The molecule has 0 fully saturated rings. The smallest absolute Gasteiger partial charge is 0.188 e. The molecule has 0 bridgehead atoms. The van der Waals surface area contributed by atoms with Crippen LogP contribution in [0.2, 0.25) is 0 Å². The average molecular weight is 293 g/mol. The number of hydrogen-bond acceptors (Lipinski definition) is 4. The van der Waals surface area contributed by atoms with E-state index >= 15 is 0 Å². The van der Waals surface area contributed by atoms with Gasteiger partial charge in [-0.25, -0.2) is 13.8 Å². The van der Waals surface area contributed by atoms with Gasteiger partial charge in [-0.2, -0.15) is 0 Å². The maximum Gasteiger partial charge on any atom is 0.188 e. The maximum absolute atomic E-state index is 13.2. The van der Waals surface area contributed by atoms with Crippen molar-refractivity contribution in [1.82, 2.24) is 4.98 Å². The van der Waals surface area contributed by atoms with Gasteiger partial charge in [-0.05, 0) is 25.0 Å². The molecule has 0 amide bonds. The van der Waals surface area contributed by atoms with Gasteiger partial charge in [0.25, 0.3) is 0 Å². The Hall–Kier alpha value is -1.82. The second-order valence-electron chi connectivity index (χ2n) is 4.61. The molecule has 0 spiro atoms. The second-order valence-corrected chi connectivity index (χ2v) is 5.46. The number of halogens is 2. The summed E-state index contributed by atoms with van der Waals surface area (Å²) >= 11 is 1.40. The van der Waals surface area contributed by atoms with Crippen molar-refractivity contribution in [3.05, 3.63) is 35.2 Å². The molecule has 0 unspecified atom stereocenters. The number of rotatable bonds is 2. The Morgan fingerprint density at radius 3 is 2.60 bits per heavy atom. The maximum atomic E-state index is 13.2. The molecule has 1 N–H and O–H groups in total. The lowest BCUT2D eigenvalue weighted by Crippen LogP contribution is -2.15. The molecule has 1 aliphatic heterocycles. The van der Waals surface area contributed by atoms with Gasteiger partial charge in [-0.3, -0.25) is 4.99 Å². The highest BCUT2D eigenvalue weighted by molar-refractivity contribution is 7.14. The predicted octanol–water partition coefficient (Wildman–Crippen LogP) is 4.08. The Labute approximate surface area is 119 Å². The molecule has 1 aromatic carbocycles. The first-order valence-corrected chi connectivity index (χ1v) is 7.31. The van der Waals surface area contributed by atoms with Crippen molar-refractivity contribution >= 4 is 22.3 Å². The molecule has 1 aliphatic rings. The fraction of sp³-hybridized carbons (Fsp3) is 0.286. The zero-order valence-electron chi connectivity index (χ0n) is 10.7. The molecule has 0 radical (unpaired) electrons. The van der Waals surface area contributed by atoms with Crippen molar-refractivity contribution in [2.75, 3.05) is 11.9 Å². The number of amidine groups is 1. The van der Waals surface area contributed by atoms with Gasteiger partial charge in [-0.1, -0.05) is 0 Å². The average Bonchev–Trinajstić information content (AvgIpc) is 2.87. The summed E-state index contributed by atoms with van der Waals surface area (Å²) in [5.74, 6) is -0.263. The number of aliphatic imine (C=N–C) groups is 1. The third-order valence-electron chi connectivity index (χ3n) is 3.04. The van der Waals surface area contributed by atoms with Crippen molar-refractivity contribution in [1.29, 1.82) is 0 Å². The summed E-state index contributed by atoms with van der Waals surface area (Å²) in [6, 6.07) is 3.41. The fourth-order valence-electron chi connectivity index (χ4n) is 2.09. The minimum Gasteiger partial charge on any atom is -0.320 e. The molecule has 1 aromatic heterocycles. The highest BCUT2D eigenvalue weighted by Gasteiger charge is 2.10. The summed E-state index contributed by atoms with van der Waals surface area (Å²) in [5, 5.41) is 5.65. The molecule has 2 aromatic rings. The van der Waals surface area contributed by atoms with Crippen LogP contribution in [0.1, 0.15) is 19.3 Å².